The molecule has 0 aliphatic rings. The van der Waals surface area contributed by atoms with Gasteiger partial charge in [-0.1, -0.05) is 37.3 Å². The molecule has 2 aromatic carbocycles. The lowest BCUT2D eigenvalue weighted by molar-refractivity contribution is -0.127. The number of para-hydroxylation sites is 1. The average molecular weight is 301 g/mol. The highest BCUT2D eigenvalue weighted by Gasteiger charge is 2.15. The molecule has 1 N–H and O–H groups in total. The zero-order valence-electron chi connectivity index (χ0n) is 12.8. The van der Waals surface area contributed by atoms with Gasteiger partial charge in [0.05, 0.1) is 0 Å². The second-order valence-corrected chi connectivity index (χ2v) is 5.07. The Balaban J connectivity index is 1.90. The molecule has 0 aliphatic carbocycles. The van der Waals surface area contributed by atoms with Gasteiger partial charge in [0.15, 0.2) is 6.10 Å². The maximum atomic E-state index is 12.8. The Hall–Kier alpha value is -2.36. The number of nitrogens with one attached hydrogen (secondary N) is 1. The van der Waals surface area contributed by atoms with Crippen molar-refractivity contribution in [1.82, 2.24) is 5.32 Å². The first-order valence-corrected chi connectivity index (χ1v) is 7.37. The number of carbonyl (C=O) groups excluding carboxylic acids is 1. The van der Waals surface area contributed by atoms with Gasteiger partial charge in [-0.2, -0.15) is 0 Å². The van der Waals surface area contributed by atoms with Crippen molar-refractivity contribution in [3.63, 3.8) is 0 Å². The number of ether oxygens (including phenoxy) is 1. The molecule has 2 rings (SSSR count). The third-order valence-corrected chi connectivity index (χ3v) is 3.41. The summed E-state index contributed by atoms with van der Waals surface area (Å²) in [5.41, 5.74) is 1.91. The normalized spacial score (nSPS) is 11.8. The van der Waals surface area contributed by atoms with Gasteiger partial charge in [0.25, 0.3) is 5.91 Å². The van der Waals surface area contributed by atoms with E-state index >= 15 is 0 Å². The summed E-state index contributed by atoms with van der Waals surface area (Å²) in [5, 5.41) is 2.79. The highest BCUT2D eigenvalue weighted by atomic mass is 19.1. The molecular weight excluding hydrogens is 281 g/mol. The van der Waals surface area contributed by atoms with Crippen LogP contribution < -0.4 is 10.1 Å². The molecule has 4 heteroatoms. The van der Waals surface area contributed by atoms with Crippen LogP contribution in [0.1, 0.15) is 25.0 Å². The molecule has 0 saturated heterocycles. The molecule has 0 radical (unpaired) electrons. The van der Waals surface area contributed by atoms with Gasteiger partial charge in [-0.05, 0) is 42.7 Å². The van der Waals surface area contributed by atoms with Crippen LogP contribution in [0.5, 0.6) is 5.75 Å². The van der Waals surface area contributed by atoms with E-state index in [-0.39, 0.29) is 11.7 Å². The predicted octanol–water partition coefficient (Wildman–Crippen LogP) is 3.47. The Kier molecular flexibility index (Phi) is 5.53. The number of benzene rings is 2. The number of rotatable bonds is 6. The van der Waals surface area contributed by atoms with E-state index < -0.39 is 6.10 Å². The monoisotopic (exact) mass is 301 g/mol. The Morgan fingerprint density at radius 3 is 2.55 bits per heavy atom. The molecule has 1 unspecified atom stereocenters. The van der Waals surface area contributed by atoms with Crippen LogP contribution in [-0.4, -0.2) is 12.0 Å². The lowest BCUT2D eigenvalue weighted by Gasteiger charge is -2.17. The molecule has 22 heavy (non-hydrogen) atoms. The van der Waals surface area contributed by atoms with E-state index in [0.29, 0.717) is 6.54 Å². The maximum Gasteiger partial charge on any atom is 0.261 e. The van der Waals surface area contributed by atoms with Gasteiger partial charge in [-0.3, -0.25) is 4.79 Å². The van der Waals surface area contributed by atoms with Crippen LogP contribution in [0.3, 0.4) is 0 Å². The van der Waals surface area contributed by atoms with Crippen molar-refractivity contribution in [2.24, 2.45) is 0 Å². The first-order valence-electron chi connectivity index (χ1n) is 7.37. The zero-order chi connectivity index (χ0) is 15.9. The summed E-state index contributed by atoms with van der Waals surface area (Å²) in [5.74, 6) is 0.243. The van der Waals surface area contributed by atoms with Crippen molar-refractivity contribution < 1.29 is 13.9 Å². The molecule has 3 nitrogen and oxygen atoms in total. The lowest BCUT2D eigenvalue weighted by Crippen LogP contribution is -2.36. The SMILES string of the molecule is CCc1ccccc1OC(C)C(=O)NCc1ccc(F)cc1. The summed E-state index contributed by atoms with van der Waals surface area (Å²) in [6.07, 6.45) is 0.258. The minimum atomic E-state index is -0.590. The summed E-state index contributed by atoms with van der Waals surface area (Å²) >= 11 is 0. The van der Waals surface area contributed by atoms with Gasteiger partial charge in [0, 0.05) is 6.54 Å². The number of halogens is 1. The molecule has 0 heterocycles. The smallest absolute Gasteiger partial charge is 0.261 e. The molecule has 1 atom stereocenters. The summed E-state index contributed by atoms with van der Waals surface area (Å²) in [7, 11) is 0. The van der Waals surface area contributed by atoms with E-state index in [9.17, 15) is 9.18 Å². The Bertz CT molecular complexity index is 625. The van der Waals surface area contributed by atoms with Crippen molar-refractivity contribution in [3.05, 3.63) is 65.5 Å². The summed E-state index contributed by atoms with van der Waals surface area (Å²) < 4.78 is 18.6. The highest BCUT2D eigenvalue weighted by molar-refractivity contribution is 5.80. The first kappa shape index (κ1) is 16.0. The Morgan fingerprint density at radius 2 is 1.86 bits per heavy atom. The Labute approximate surface area is 130 Å². The van der Waals surface area contributed by atoms with Crippen LogP contribution in [0.2, 0.25) is 0 Å². The zero-order valence-corrected chi connectivity index (χ0v) is 12.8. The van der Waals surface area contributed by atoms with Crippen LogP contribution in [0.25, 0.3) is 0 Å². The number of carbonyl (C=O) groups is 1. The molecule has 2 aromatic rings. The standard InChI is InChI=1S/C18H20FNO2/c1-3-15-6-4-5-7-17(15)22-13(2)18(21)20-12-14-8-10-16(19)11-9-14/h4-11,13H,3,12H2,1-2H3,(H,20,21). The fraction of sp³-hybridized carbons (Fsp3) is 0.278. The number of amides is 1. The number of aryl methyl sites for hydroxylation is 1. The van der Waals surface area contributed by atoms with Crippen molar-refractivity contribution in [3.8, 4) is 5.75 Å². The van der Waals surface area contributed by atoms with Crippen molar-refractivity contribution in [2.45, 2.75) is 32.9 Å². The average Bonchev–Trinajstić information content (AvgIpc) is 2.54. The quantitative estimate of drug-likeness (QED) is 0.887. The maximum absolute atomic E-state index is 12.8. The fourth-order valence-corrected chi connectivity index (χ4v) is 2.09. The van der Waals surface area contributed by atoms with E-state index in [2.05, 4.69) is 5.32 Å². The van der Waals surface area contributed by atoms with Gasteiger partial charge in [-0.25, -0.2) is 4.39 Å². The summed E-state index contributed by atoms with van der Waals surface area (Å²) in [6, 6.07) is 13.7. The van der Waals surface area contributed by atoms with Crippen LogP contribution in [0.4, 0.5) is 4.39 Å². The first-order chi connectivity index (χ1) is 10.6. The molecule has 0 saturated carbocycles. The van der Waals surface area contributed by atoms with E-state index in [4.69, 9.17) is 4.74 Å². The minimum Gasteiger partial charge on any atom is -0.481 e. The van der Waals surface area contributed by atoms with E-state index in [1.807, 2.05) is 31.2 Å². The molecule has 0 aliphatic heterocycles. The molecular formula is C18H20FNO2. The van der Waals surface area contributed by atoms with Gasteiger partial charge in [0.2, 0.25) is 0 Å². The van der Waals surface area contributed by atoms with Crippen molar-refractivity contribution in [2.75, 3.05) is 0 Å². The van der Waals surface area contributed by atoms with Crippen LogP contribution in [-0.2, 0) is 17.8 Å². The summed E-state index contributed by atoms with van der Waals surface area (Å²) in [4.78, 5) is 12.1. The molecule has 0 spiro atoms. The van der Waals surface area contributed by atoms with E-state index in [0.717, 1.165) is 23.3 Å². The third-order valence-electron chi connectivity index (χ3n) is 3.41. The molecule has 0 aromatic heterocycles. The molecule has 0 bridgehead atoms. The van der Waals surface area contributed by atoms with Gasteiger partial charge < -0.3 is 10.1 Å². The number of hydrogen-bond acceptors (Lipinski definition) is 2. The molecule has 116 valence electrons. The second kappa shape index (κ2) is 7.59. The van der Waals surface area contributed by atoms with Crippen LogP contribution in [0, 0.1) is 5.82 Å². The molecule has 0 fully saturated rings. The van der Waals surface area contributed by atoms with Crippen molar-refractivity contribution in [1.29, 1.82) is 0 Å². The van der Waals surface area contributed by atoms with Crippen LogP contribution >= 0.6 is 0 Å². The topological polar surface area (TPSA) is 38.3 Å². The van der Waals surface area contributed by atoms with E-state index in [1.54, 1.807) is 19.1 Å². The number of hydrogen-bond donors (Lipinski definition) is 1. The predicted molar refractivity (Wildman–Crippen MR) is 84.2 cm³/mol. The van der Waals surface area contributed by atoms with Gasteiger partial charge >= 0.3 is 0 Å². The largest absolute Gasteiger partial charge is 0.481 e. The van der Waals surface area contributed by atoms with Gasteiger partial charge in [0.1, 0.15) is 11.6 Å². The molecule has 1 amide bonds. The Morgan fingerprint density at radius 1 is 1.18 bits per heavy atom. The van der Waals surface area contributed by atoms with E-state index in [1.165, 1.54) is 12.1 Å². The van der Waals surface area contributed by atoms with Crippen molar-refractivity contribution >= 4 is 5.91 Å². The second-order valence-electron chi connectivity index (χ2n) is 5.07. The highest BCUT2D eigenvalue weighted by Crippen LogP contribution is 2.19. The minimum absolute atomic E-state index is 0.199. The third kappa shape index (κ3) is 4.32. The summed E-state index contributed by atoms with van der Waals surface area (Å²) in [6.45, 7) is 4.11. The fourth-order valence-electron chi connectivity index (χ4n) is 2.09. The van der Waals surface area contributed by atoms with Gasteiger partial charge in [-0.15, -0.1) is 0 Å². The van der Waals surface area contributed by atoms with Crippen LogP contribution in [0.15, 0.2) is 48.5 Å². The lowest BCUT2D eigenvalue weighted by atomic mass is 10.1.